The van der Waals surface area contributed by atoms with Gasteiger partial charge in [0.1, 0.15) is 5.75 Å². The fraction of sp³-hybridized carbons (Fsp3) is 0.0400. The van der Waals surface area contributed by atoms with E-state index in [4.69, 9.17) is 9.68 Å². The average molecular weight is 406 g/mol. The summed E-state index contributed by atoms with van der Waals surface area (Å²) in [5, 5.41) is 28.3. The third kappa shape index (κ3) is 3.00. The Hall–Kier alpha value is -3.31. The van der Waals surface area contributed by atoms with E-state index in [-0.39, 0.29) is 7.69 Å². The molecule has 0 amide bonds. The zero-order valence-corrected chi connectivity index (χ0v) is 16.8. The van der Waals surface area contributed by atoms with Gasteiger partial charge < -0.3 is 19.7 Å². The van der Waals surface area contributed by atoms with Gasteiger partial charge >= 0.3 is 14.8 Å². The summed E-state index contributed by atoms with van der Waals surface area (Å²) in [7, 11) is -1.88. The van der Waals surface area contributed by atoms with E-state index in [2.05, 4.69) is 48.5 Å². The van der Waals surface area contributed by atoms with Crippen molar-refractivity contribution in [3.05, 3.63) is 119 Å². The van der Waals surface area contributed by atoms with E-state index >= 15 is 0 Å². The molecule has 6 heteroatoms. The summed E-state index contributed by atoms with van der Waals surface area (Å²) in [4.78, 5) is 0. The van der Waals surface area contributed by atoms with Gasteiger partial charge in [-0.15, -0.1) is 0 Å². The van der Waals surface area contributed by atoms with Gasteiger partial charge in [0, 0.05) is 0 Å². The predicted molar refractivity (Wildman–Crippen MR) is 124 cm³/mol. The molecule has 0 unspecified atom stereocenters. The maximum atomic E-state index is 9.58. The lowest BCUT2D eigenvalue weighted by molar-refractivity contribution is 0.425. The average Bonchev–Trinajstić information content (AvgIpc) is 3.11. The Balaban J connectivity index is 1.82. The first-order valence-corrected chi connectivity index (χ1v) is 10.2. The standard InChI is InChI=1S/C25H20B2O4/c28-26-31-20-15-11-18(12-16-20)25(17-9-13-19(14-10-17)27(29)30)23-7-3-1-5-21(23)22-6-2-4-8-24(22)25/h1-16,26,28-30H. The number of benzene rings is 4. The first-order valence-electron chi connectivity index (χ1n) is 10.2. The fourth-order valence-electron chi connectivity index (χ4n) is 4.80. The van der Waals surface area contributed by atoms with Gasteiger partial charge in [-0.1, -0.05) is 84.9 Å². The van der Waals surface area contributed by atoms with Crippen molar-refractivity contribution in [3.63, 3.8) is 0 Å². The van der Waals surface area contributed by atoms with Crippen molar-refractivity contribution in [3.8, 4) is 16.9 Å². The van der Waals surface area contributed by atoms with Crippen LogP contribution in [0.3, 0.4) is 0 Å². The minimum absolute atomic E-state index is 0.374. The van der Waals surface area contributed by atoms with Gasteiger partial charge in [-0.2, -0.15) is 0 Å². The molecule has 0 aromatic heterocycles. The molecule has 0 spiro atoms. The van der Waals surface area contributed by atoms with Crippen molar-refractivity contribution < 1.29 is 19.7 Å². The number of fused-ring (bicyclic) bond motifs is 3. The van der Waals surface area contributed by atoms with Crippen LogP contribution in [0, 0.1) is 0 Å². The highest BCUT2D eigenvalue weighted by atomic mass is 16.5. The van der Waals surface area contributed by atoms with Crippen molar-refractivity contribution >= 4 is 20.3 Å². The van der Waals surface area contributed by atoms with Crippen LogP contribution in [0.5, 0.6) is 5.75 Å². The molecule has 0 atom stereocenters. The Kier molecular flexibility index (Phi) is 4.91. The van der Waals surface area contributed by atoms with Crippen molar-refractivity contribution in [1.29, 1.82) is 0 Å². The van der Waals surface area contributed by atoms with Crippen LogP contribution >= 0.6 is 0 Å². The Morgan fingerprint density at radius 2 is 1.13 bits per heavy atom. The summed E-state index contributed by atoms with van der Waals surface area (Å²) < 4.78 is 5.24. The van der Waals surface area contributed by atoms with E-state index in [0.717, 1.165) is 11.1 Å². The summed E-state index contributed by atoms with van der Waals surface area (Å²) in [5.74, 6) is 0.597. The number of hydrogen-bond donors (Lipinski definition) is 3. The molecule has 4 aromatic carbocycles. The van der Waals surface area contributed by atoms with E-state index in [9.17, 15) is 10.0 Å². The highest BCUT2D eigenvalue weighted by molar-refractivity contribution is 6.58. The van der Waals surface area contributed by atoms with Crippen LogP contribution in [-0.4, -0.2) is 29.9 Å². The normalized spacial score (nSPS) is 13.3. The van der Waals surface area contributed by atoms with Gasteiger partial charge in [0.15, 0.2) is 0 Å². The third-order valence-corrected chi connectivity index (χ3v) is 6.11. The van der Waals surface area contributed by atoms with Gasteiger partial charge in [-0.05, 0) is 51.0 Å². The molecule has 0 fully saturated rings. The smallest absolute Gasteiger partial charge is 0.504 e. The molecule has 0 radical (unpaired) electrons. The summed E-state index contributed by atoms with van der Waals surface area (Å²) >= 11 is 0. The van der Waals surface area contributed by atoms with Gasteiger partial charge in [0.25, 0.3) is 0 Å². The Morgan fingerprint density at radius 3 is 1.61 bits per heavy atom. The van der Waals surface area contributed by atoms with Crippen molar-refractivity contribution in [2.75, 3.05) is 0 Å². The molecule has 0 bridgehead atoms. The summed E-state index contributed by atoms with van der Waals surface area (Å²) in [6.45, 7) is 0. The van der Waals surface area contributed by atoms with Crippen LogP contribution < -0.4 is 10.1 Å². The number of hydrogen-bond acceptors (Lipinski definition) is 4. The van der Waals surface area contributed by atoms with Crippen molar-refractivity contribution in [1.82, 2.24) is 0 Å². The van der Waals surface area contributed by atoms with E-state index in [1.54, 1.807) is 12.1 Å². The minimum Gasteiger partial charge on any atom is -0.539 e. The van der Waals surface area contributed by atoms with Crippen LogP contribution in [0.25, 0.3) is 11.1 Å². The molecular formula is C25H20B2O4. The Bertz CT molecular complexity index is 1180. The number of rotatable bonds is 5. The molecule has 3 N–H and O–H groups in total. The Labute approximate surface area is 181 Å². The molecule has 31 heavy (non-hydrogen) atoms. The highest BCUT2D eigenvalue weighted by Gasteiger charge is 2.45. The molecule has 4 nitrogen and oxygen atoms in total. The quantitative estimate of drug-likeness (QED) is 0.392. The second-order valence-corrected chi connectivity index (χ2v) is 7.63. The molecule has 0 saturated carbocycles. The monoisotopic (exact) mass is 406 g/mol. The molecule has 0 saturated heterocycles. The largest absolute Gasteiger partial charge is 0.539 e. The molecule has 1 aliphatic rings. The van der Waals surface area contributed by atoms with Crippen LogP contribution in [-0.2, 0) is 5.41 Å². The molecule has 0 aliphatic heterocycles. The predicted octanol–water partition coefficient (Wildman–Crippen LogP) is 2.37. The lowest BCUT2D eigenvalue weighted by atomic mass is 9.67. The fourth-order valence-corrected chi connectivity index (χ4v) is 4.80. The molecule has 1 aliphatic carbocycles. The van der Waals surface area contributed by atoms with Crippen LogP contribution in [0.2, 0.25) is 0 Å². The summed E-state index contributed by atoms with van der Waals surface area (Å²) in [6.07, 6.45) is 0. The SMILES string of the molecule is OBOc1ccc(C2(c3ccc(B(O)O)cc3)c3ccccc3-c3ccccc32)cc1. The zero-order chi connectivity index (χ0) is 21.4. The van der Waals surface area contributed by atoms with Gasteiger partial charge in [-0.3, -0.25) is 0 Å². The van der Waals surface area contributed by atoms with E-state index in [1.165, 1.54) is 22.3 Å². The van der Waals surface area contributed by atoms with E-state index in [0.29, 0.717) is 11.2 Å². The molecule has 0 heterocycles. The highest BCUT2D eigenvalue weighted by Crippen LogP contribution is 2.55. The topological polar surface area (TPSA) is 69.9 Å². The maximum Gasteiger partial charge on any atom is 0.504 e. The lowest BCUT2D eigenvalue weighted by Crippen LogP contribution is -2.32. The molecule has 5 rings (SSSR count). The molecule has 4 aromatic rings. The summed E-state index contributed by atoms with van der Waals surface area (Å²) in [6, 6.07) is 32.0. The van der Waals surface area contributed by atoms with Crippen molar-refractivity contribution in [2.24, 2.45) is 0 Å². The maximum absolute atomic E-state index is 9.58. The van der Waals surface area contributed by atoms with Crippen LogP contribution in [0.4, 0.5) is 0 Å². The third-order valence-electron chi connectivity index (χ3n) is 6.11. The zero-order valence-electron chi connectivity index (χ0n) is 16.8. The van der Waals surface area contributed by atoms with E-state index < -0.39 is 12.5 Å². The molecular weight excluding hydrogens is 386 g/mol. The first kappa shape index (κ1) is 19.6. The van der Waals surface area contributed by atoms with Gasteiger partial charge in [0.2, 0.25) is 0 Å². The Morgan fingerprint density at radius 1 is 0.645 bits per heavy atom. The first-order chi connectivity index (χ1) is 15.2. The van der Waals surface area contributed by atoms with Crippen LogP contribution in [0.1, 0.15) is 22.3 Å². The lowest BCUT2D eigenvalue weighted by Gasteiger charge is -2.34. The van der Waals surface area contributed by atoms with E-state index in [1.807, 2.05) is 36.4 Å². The van der Waals surface area contributed by atoms with Gasteiger partial charge in [0.05, 0.1) is 5.41 Å². The second kappa shape index (κ2) is 7.74. The molecule has 150 valence electrons. The summed E-state index contributed by atoms with van der Waals surface area (Å²) in [5.41, 5.74) is 6.68. The second-order valence-electron chi connectivity index (χ2n) is 7.63. The van der Waals surface area contributed by atoms with Crippen molar-refractivity contribution in [2.45, 2.75) is 5.41 Å². The van der Waals surface area contributed by atoms with Crippen LogP contribution in [0.15, 0.2) is 97.1 Å². The van der Waals surface area contributed by atoms with Gasteiger partial charge in [-0.25, -0.2) is 0 Å². The minimum atomic E-state index is -1.51.